The van der Waals surface area contributed by atoms with Crippen LogP contribution in [0.4, 0.5) is 13.8 Å². The first-order valence-electron chi connectivity index (χ1n) is 6.11. The maximum absolute atomic E-state index is 13.2. The van der Waals surface area contributed by atoms with Gasteiger partial charge in [0.15, 0.2) is 0 Å². The van der Waals surface area contributed by atoms with Gasteiger partial charge in [0.2, 0.25) is 5.82 Å². The Labute approximate surface area is 123 Å². The summed E-state index contributed by atoms with van der Waals surface area (Å²) in [5.41, 5.74) is 7.79. The molecule has 0 fully saturated rings. The van der Waals surface area contributed by atoms with Crippen LogP contribution in [0.5, 0.6) is 0 Å². The Morgan fingerprint density at radius 1 is 1.14 bits per heavy atom. The van der Waals surface area contributed by atoms with E-state index in [-0.39, 0.29) is 17.3 Å². The van der Waals surface area contributed by atoms with Crippen LogP contribution in [0.25, 0.3) is 22.8 Å². The van der Waals surface area contributed by atoms with Crippen LogP contribution in [-0.4, -0.2) is 10.1 Å². The Balaban J connectivity index is 2.08. The van der Waals surface area contributed by atoms with E-state index in [0.29, 0.717) is 10.6 Å². The van der Waals surface area contributed by atoms with Crippen molar-refractivity contribution in [3.63, 3.8) is 0 Å². The summed E-state index contributed by atoms with van der Waals surface area (Å²) >= 11 is 1.43. The van der Waals surface area contributed by atoms with E-state index in [0.717, 1.165) is 28.6 Å². The van der Waals surface area contributed by atoms with E-state index in [1.54, 1.807) is 0 Å². The molecule has 0 aliphatic carbocycles. The minimum atomic E-state index is -0.696. The second-order valence-corrected chi connectivity index (χ2v) is 5.86. The highest BCUT2D eigenvalue weighted by Crippen LogP contribution is 2.37. The number of nitrogen functional groups attached to an aromatic ring is 1. The van der Waals surface area contributed by atoms with Crippen molar-refractivity contribution in [2.75, 3.05) is 5.73 Å². The molecule has 2 N–H and O–H groups in total. The van der Waals surface area contributed by atoms with Gasteiger partial charge in [-0.1, -0.05) is 5.16 Å². The normalized spacial score (nSPS) is 11.0. The van der Waals surface area contributed by atoms with Crippen LogP contribution in [0.3, 0.4) is 0 Å². The standard InChI is InChI=1S/C14H11F2N3OS/c1-6-7(2)21-12(17)11(6)14-18-13(19-20-14)8-3-9(15)5-10(16)4-8/h3-5H,17H2,1-2H3. The van der Waals surface area contributed by atoms with E-state index in [1.807, 2.05) is 13.8 Å². The third-order valence-corrected chi connectivity index (χ3v) is 4.21. The van der Waals surface area contributed by atoms with E-state index in [1.165, 1.54) is 11.3 Å². The summed E-state index contributed by atoms with van der Waals surface area (Å²) in [7, 11) is 0. The Bertz CT molecular complexity index is 805. The van der Waals surface area contributed by atoms with Crippen molar-refractivity contribution in [2.24, 2.45) is 0 Å². The maximum Gasteiger partial charge on any atom is 0.261 e. The van der Waals surface area contributed by atoms with Gasteiger partial charge in [-0.15, -0.1) is 11.3 Å². The molecular formula is C14H11F2N3OS. The van der Waals surface area contributed by atoms with E-state index in [9.17, 15) is 8.78 Å². The fraction of sp³-hybridized carbons (Fsp3) is 0.143. The largest absolute Gasteiger partial charge is 0.390 e. The van der Waals surface area contributed by atoms with E-state index in [2.05, 4.69) is 10.1 Å². The number of anilines is 1. The average Bonchev–Trinajstić information content (AvgIpc) is 2.95. The second kappa shape index (κ2) is 4.92. The molecule has 21 heavy (non-hydrogen) atoms. The number of thiophene rings is 1. The van der Waals surface area contributed by atoms with Crippen LogP contribution in [-0.2, 0) is 0 Å². The van der Waals surface area contributed by atoms with Crippen LogP contribution in [0.2, 0.25) is 0 Å². The summed E-state index contributed by atoms with van der Waals surface area (Å²) < 4.78 is 31.6. The molecule has 0 saturated heterocycles. The highest BCUT2D eigenvalue weighted by atomic mass is 32.1. The predicted molar refractivity (Wildman–Crippen MR) is 76.8 cm³/mol. The summed E-state index contributed by atoms with van der Waals surface area (Å²) in [5.74, 6) is -1.03. The molecule has 108 valence electrons. The number of aromatic nitrogens is 2. The monoisotopic (exact) mass is 307 g/mol. The molecule has 3 rings (SSSR count). The highest BCUT2D eigenvalue weighted by molar-refractivity contribution is 7.16. The number of aryl methyl sites for hydroxylation is 1. The van der Waals surface area contributed by atoms with Gasteiger partial charge in [-0.25, -0.2) is 8.78 Å². The minimum absolute atomic E-state index is 0.117. The number of nitrogens with two attached hydrogens (primary N) is 1. The topological polar surface area (TPSA) is 64.9 Å². The van der Waals surface area contributed by atoms with Crippen molar-refractivity contribution < 1.29 is 13.3 Å². The molecule has 2 heterocycles. The van der Waals surface area contributed by atoms with Gasteiger partial charge in [0.05, 0.1) is 10.6 Å². The van der Waals surface area contributed by atoms with Crippen LogP contribution in [0.1, 0.15) is 10.4 Å². The highest BCUT2D eigenvalue weighted by Gasteiger charge is 2.19. The average molecular weight is 307 g/mol. The molecule has 4 nitrogen and oxygen atoms in total. The third kappa shape index (κ3) is 2.40. The van der Waals surface area contributed by atoms with Crippen molar-refractivity contribution >= 4 is 16.3 Å². The van der Waals surface area contributed by atoms with Crippen molar-refractivity contribution in [3.05, 3.63) is 40.3 Å². The molecule has 0 radical (unpaired) electrons. The van der Waals surface area contributed by atoms with Crippen molar-refractivity contribution in [3.8, 4) is 22.8 Å². The summed E-state index contributed by atoms with van der Waals surface area (Å²) in [5, 5.41) is 4.34. The molecule has 0 aliphatic heterocycles. The fourth-order valence-electron chi connectivity index (χ4n) is 2.04. The van der Waals surface area contributed by atoms with E-state index in [4.69, 9.17) is 10.3 Å². The molecule has 0 unspecified atom stereocenters. The summed E-state index contributed by atoms with van der Waals surface area (Å²) in [6.07, 6.45) is 0. The van der Waals surface area contributed by atoms with Crippen molar-refractivity contribution in [1.29, 1.82) is 0 Å². The lowest BCUT2D eigenvalue weighted by Crippen LogP contribution is -1.88. The zero-order chi connectivity index (χ0) is 15.1. The minimum Gasteiger partial charge on any atom is -0.390 e. The molecule has 0 amide bonds. The summed E-state index contributed by atoms with van der Waals surface area (Å²) in [6, 6.07) is 3.08. The van der Waals surface area contributed by atoms with Crippen LogP contribution >= 0.6 is 11.3 Å². The zero-order valence-electron chi connectivity index (χ0n) is 11.3. The molecule has 0 aliphatic rings. The van der Waals surface area contributed by atoms with Gasteiger partial charge in [-0.05, 0) is 31.5 Å². The van der Waals surface area contributed by atoms with Crippen molar-refractivity contribution in [1.82, 2.24) is 10.1 Å². The lowest BCUT2D eigenvalue weighted by Gasteiger charge is -1.96. The maximum atomic E-state index is 13.2. The molecule has 2 aromatic heterocycles. The van der Waals surface area contributed by atoms with Crippen LogP contribution < -0.4 is 5.73 Å². The van der Waals surface area contributed by atoms with Gasteiger partial charge in [-0.3, -0.25) is 0 Å². The number of hydrogen-bond acceptors (Lipinski definition) is 5. The predicted octanol–water partition coefficient (Wildman–Crippen LogP) is 3.94. The first kappa shape index (κ1) is 13.7. The van der Waals surface area contributed by atoms with Gasteiger partial charge >= 0.3 is 0 Å². The number of benzene rings is 1. The number of hydrogen-bond donors (Lipinski definition) is 1. The second-order valence-electron chi connectivity index (χ2n) is 4.60. The van der Waals surface area contributed by atoms with E-state index >= 15 is 0 Å². The third-order valence-electron chi connectivity index (χ3n) is 3.17. The zero-order valence-corrected chi connectivity index (χ0v) is 12.1. The lowest BCUT2D eigenvalue weighted by atomic mass is 10.1. The molecule has 0 bridgehead atoms. The Hall–Kier alpha value is -2.28. The fourth-order valence-corrected chi connectivity index (χ4v) is 2.97. The Morgan fingerprint density at radius 3 is 2.38 bits per heavy atom. The first-order valence-corrected chi connectivity index (χ1v) is 6.93. The number of rotatable bonds is 2. The SMILES string of the molecule is Cc1sc(N)c(-c2nc(-c3cc(F)cc(F)c3)no2)c1C. The Morgan fingerprint density at radius 2 is 1.81 bits per heavy atom. The van der Waals surface area contributed by atoms with Crippen LogP contribution in [0.15, 0.2) is 22.7 Å². The number of halogens is 2. The van der Waals surface area contributed by atoms with E-state index < -0.39 is 11.6 Å². The Kier molecular flexibility index (Phi) is 3.21. The summed E-state index contributed by atoms with van der Waals surface area (Å²) in [4.78, 5) is 5.24. The lowest BCUT2D eigenvalue weighted by molar-refractivity contribution is 0.432. The molecule has 7 heteroatoms. The molecule has 0 spiro atoms. The smallest absolute Gasteiger partial charge is 0.261 e. The van der Waals surface area contributed by atoms with Crippen molar-refractivity contribution in [2.45, 2.75) is 13.8 Å². The molecule has 3 aromatic rings. The first-order chi connectivity index (χ1) is 9.95. The molecule has 1 aromatic carbocycles. The quantitative estimate of drug-likeness (QED) is 0.778. The van der Waals surface area contributed by atoms with Gasteiger partial charge in [-0.2, -0.15) is 4.98 Å². The summed E-state index contributed by atoms with van der Waals surface area (Å²) in [6.45, 7) is 3.85. The van der Waals surface area contributed by atoms with Gasteiger partial charge in [0.25, 0.3) is 5.89 Å². The van der Waals surface area contributed by atoms with Gasteiger partial charge < -0.3 is 10.3 Å². The molecular weight excluding hydrogens is 296 g/mol. The van der Waals surface area contributed by atoms with Crippen LogP contribution in [0, 0.1) is 25.5 Å². The number of nitrogens with zero attached hydrogens (tertiary/aromatic N) is 2. The molecule has 0 atom stereocenters. The van der Waals surface area contributed by atoms with Gasteiger partial charge in [0.1, 0.15) is 11.6 Å². The molecule has 0 saturated carbocycles. The van der Waals surface area contributed by atoms with Gasteiger partial charge in [0, 0.05) is 16.5 Å².